The van der Waals surface area contributed by atoms with Crippen molar-refractivity contribution in [3.8, 4) is 0 Å². The normalized spacial score (nSPS) is 35.6. The molecule has 2 nitrogen and oxygen atoms in total. The van der Waals surface area contributed by atoms with Crippen LogP contribution < -0.4 is 5.32 Å². The van der Waals surface area contributed by atoms with E-state index in [4.69, 9.17) is 5.11 Å². The first-order chi connectivity index (χ1) is 6.67. The third-order valence-electron chi connectivity index (χ3n) is 3.54. The Hall–Kier alpha value is -0.0800. The van der Waals surface area contributed by atoms with E-state index in [0.29, 0.717) is 6.04 Å². The molecule has 84 valence electrons. The number of hydrogen-bond acceptors (Lipinski definition) is 2. The fourth-order valence-electron chi connectivity index (χ4n) is 2.59. The van der Waals surface area contributed by atoms with Crippen LogP contribution in [-0.4, -0.2) is 23.8 Å². The molecule has 2 heteroatoms. The van der Waals surface area contributed by atoms with Gasteiger partial charge in [-0.3, -0.25) is 0 Å². The second kappa shape index (κ2) is 5.72. The van der Waals surface area contributed by atoms with Crippen LogP contribution in [0.3, 0.4) is 0 Å². The molecule has 0 aromatic heterocycles. The van der Waals surface area contributed by atoms with Crippen molar-refractivity contribution in [1.82, 2.24) is 5.32 Å². The summed E-state index contributed by atoms with van der Waals surface area (Å²) in [6, 6.07) is 0.890. The van der Waals surface area contributed by atoms with Crippen LogP contribution >= 0.6 is 0 Å². The summed E-state index contributed by atoms with van der Waals surface area (Å²) < 4.78 is 0. The van der Waals surface area contributed by atoms with Gasteiger partial charge in [0.25, 0.3) is 0 Å². The molecule has 0 aromatic carbocycles. The van der Waals surface area contributed by atoms with Crippen molar-refractivity contribution in [1.29, 1.82) is 0 Å². The van der Waals surface area contributed by atoms with E-state index < -0.39 is 0 Å². The Morgan fingerprint density at radius 1 is 1.43 bits per heavy atom. The second-order valence-electron chi connectivity index (χ2n) is 4.94. The zero-order valence-corrected chi connectivity index (χ0v) is 9.79. The quantitative estimate of drug-likeness (QED) is 0.727. The highest BCUT2D eigenvalue weighted by Crippen LogP contribution is 2.31. The lowest BCUT2D eigenvalue weighted by Crippen LogP contribution is -2.45. The summed E-state index contributed by atoms with van der Waals surface area (Å²) in [7, 11) is 0. The number of nitrogens with one attached hydrogen (secondary N) is 1. The van der Waals surface area contributed by atoms with Crippen molar-refractivity contribution >= 4 is 0 Å². The van der Waals surface area contributed by atoms with Crippen molar-refractivity contribution in [3.63, 3.8) is 0 Å². The van der Waals surface area contributed by atoms with Crippen molar-refractivity contribution in [2.45, 2.75) is 58.5 Å². The fraction of sp³-hybridized carbons (Fsp3) is 1.00. The van der Waals surface area contributed by atoms with Gasteiger partial charge in [0, 0.05) is 12.1 Å². The van der Waals surface area contributed by atoms with Crippen LogP contribution in [0.2, 0.25) is 0 Å². The van der Waals surface area contributed by atoms with Crippen LogP contribution in [0.15, 0.2) is 0 Å². The molecular formula is C12H25NO. The minimum absolute atomic E-state index is 0.252. The van der Waals surface area contributed by atoms with Gasteiger partial charge in [-0.25, -0.2) is 0 Å². The largest absolute Gasteiger partial charge is 0.395 e. The third kappa shape index (κ3) is 3.25. The Morgan fingerprint density at radius 3 is 2.71 bits per heavy atom. The van der Waals surface area contributed by atoms with E-state index >= 15 is 0 Å². The average molecular weight is 199 g/mol. The van der Waals surface area contributed by atoms with Gasteiger partial charge in [0.15, 0.2) is 0 Å². The maximum Gasteiger partial charge on any atom is 0.0582 e. The van der Waals surface area contributed by atoms with Crippen molar-refractivity contribution < 1.29 is 5.11 Å². The highest BCUT2D eigenvalue weighted by atomic mass is 16.3. The molecule has 1 rings (SSSR count). The number of rotatable bonds is 4. The monoisotopic (exact) mass is 199 g/mol. The summed E-state index contributed by atoms with van der Waals surface area (Å²) in [6.07, 6.45) is 5.24. The predicted octanol–water partition coefficient (Wildman–Crippen LogP) is 2.17. The molecule has 1 fully saturated rings. The first-order valence-corrected chi connectivity index (χ1v) is 6.04. The topological polar surface area (TPSA) is 32.3 Å². The predicted molar refractivity (Wildman–Crippen MR) is 60.3 cm³/mol. The van der Waals surface area contributed by atoms with Crippen LogP contribution in [0.1, 0.15) is 46.5 Å². The Morgan fingerprint density at radius 2 is 2.14 bits per heavy atom. The Bertz CT molecular complexity index is 160. The zero-order valence-electron chi connectivity index (χ0n) is 9.79. The van der Waals surface area contributed by atoms with Gasteiger partial charge in [0.1, 0.15) is 0 Å². The molecule has 14 heavy (non-hydrogen) atoms. The lowest BCUT2D eigenvalue weighted by Gasteiger charge is -2.36. The molecular weight excluding hydrogens is 174 g/mol. The summed E-state index contributed by atoms with van der Waals surface area (Å²) in [6.45, 7) is 6.95. The zero-order chi connectivity index (χ0) is 10.6. The molecule has 0 aromatic rings. The summed E-state index contributed by atoms with van der Waals surface area (Å²) in [4.78, 5) is 0. The lowest BCUT2D eigenvalue weighted by molar-refractivity contribution is 0.171. The van der Waals surface area contributed by atoms with Crippen LogP contribution in [-0.2, 0) is 0 Å². The van der Waals surface area contributed by atoms with Crippen LogP contribution in [0.4, 0.5) is 0 Å². The Balaban J connectivity index is 2.41. The van der Waals surface area contributed by atoms with Crippen molar-refractivity contribution in [2.24, 2.45) is 11.8 Å². The maximum absolute atomic E-state index is 9.01. The number of aliphatic hydroxyl groups is 1. The summed E-state index contributed by atoms with van der Waals surface area (Å²) in [5.41, 5.74) is 0. The molecule has 0 spiro atoms. The third-order valence-corrected chi connectivity index (χ3v) is 3.54. The highest BCUT2D eigenvalue weighted by Gasteiger charge is 2.27. The van der Waals surface area contributed by atoms with Gasteiger partial charge in [-0.05, 0) is 38.0 Å². The molecule has 1 aliphatic carbocycles. The Kier molecular flexibility index (Phi) is 4.90. The van der Waals surface area contributed by atoms with E-state index in [1.54, 1.807) is 0 Å². The number of aliphatic hydroxyl groups excluding tert-OH is 1. The molecule has 0 saturated heterocycles. The van der Waals surface area contributed by atoms with E-state index in [0.717, 1.165) is 11.8 Å². The van der Waals surface area contributed by atoms with E-state index in [-0.39, 0.29) is 12.6 Å². The van der Waals surface area contributed by atoms with Crippen LogP contribution in [0.25, 0.3) is 0 Å². The van der Waals surface area contributed by atoms with E-state index in [1.165, 1.54) is 25.7 Å². The van der Waals surface area contributed by atoms with Gasteiger partial charge in [0.05, 0.1) is 6.61 Å². The summed E-state index contributed by atoms with van der Waals surface area (Å²) in [5.74, 6) is 1.70. The van der Waals surface area contributed by atoms with Gasteiger partial charge >= 0.3 is 0 Å². The SMILES string of the molecule is CCC1CC(C)CCC1N[C@H](C)CO. The van der Waals surface area contributed by atoms with Crippen LogP contribution in [0, 0.1) is 11.8 Å². The van der Waals surface area contributed by atoms with Gasteiger partial charge in [-0.15, -0.1) is 0 Å². The van der Waals surface area contributed by atoms with Crippen molar-refractivity contribution in [3.05, 3.63) is 0 Å². The molecule has 0 bridgehead atoms. The van der Waals surface area contributed by atoms with Gasteiger partial charge in [0.2, 0.25) is 0 Å². The highest BCUT2D eigenvalue weighted by molar-refractivity contribution is 4.84. The first kappa shape index (κ1) is 12.0. The fourth-order valence-corrected chi connectivity index (χ4v) is 2.59. The standard InChI is InChI=1S/C12H25NO/c1-4-11-7-9(2)5-6-12(11)13-10(3)8-14/h9-14H,4-8H2,1-3H3/t9?,10-,11?,12?/m1/s1. The van der Waals surface area contributed by atoms with Gasteiger partial charge < -0.3 is 10.4 Å². The summed E-state index contributed by atoms with van der Waals surface area (Å²) >= 11 is 0. The molecule has 0 radical (unpaired) electrons. The molecule has 0 amide bonds. The molecule has 0 heterocycles. The molecule has 0 aliphatic heterocycles. The maximum atomic E-state index is 9.01. The number of hydrogen-bond donors (Lipinski definition) is 2. The minimum atomic E-state index is 0.252. The Labute approximate surface area is 88.1 Å². The average Bonchev–Trinajstić information content (AvgIpc) is 2.20. The van der Waals surface area contributed by atoms with Gasteiger partial charge in [-0.2, -0.15) is 0 Å². The van der Waals surface area contributed by atoms with Gasteiger partial charge in [-0.1, -0.05) is 20.3 Å². The van der Waals surface area contributed by atoms with Crippen LogP contribution in [0.5, 0.6) is 0 Å². The van der Waals surface area contributed by atoms with E-state index in [1.807, 2.05) is 0 Å². The molecule has 3 unspecified atom stereocenters. The second-order valence-corrected chi connectivity index (χ2v) is 4.94. The minimum Gasteiger partial charge on any atom is -0.395 e. The smallest absolute Gasteiger partial charge is 0.0582 e. The first-order valence-electron chi connectivity index (χ1n) is 6.04. The lowest BCUT2D eigenvalue weighted by atomic mass is 9.77. The van der Waals surface area contributed by atoms with E-state index in [2.05, 4.69) is 26.1 Å². The van der Waals surface area contributed by atoms with E-state index in [9.17, 15) is 0 Å². The van der Waals surface area contributed by atoms with Crippen molar-refractivity contribution in [2.75, 3.05) is 6.61 Å². The summed E-state index contributed by atoms with van der Waals surface area (Å²) in [5, 5.41) is 12.6. The molecule has 2 N–H and O–H groups in total. The molecule has 1 saturated carbocycles. The molecule has 1 aliphatic rings. The molecule has 4 atom stereocenters.